The first-order valence-electron chi connectivity index (χ1n) is 7.48. The van der Waals surface area contributed by atoms with Gasteiger partial charge in [0.2, 0.25) is 5.82 Å². The molecule has 21 heavy (non-hydrogen) atoms. The van der Waals surface area contributed by atoms with E-state index in [2.05, 4.69) is 51.8 Å². The lowest BCUT2D eigenvalue weighted by Gasteiger charge is -2.30. The second kappa shape index (κ2) is 6.43. The molecule has 0 atom stereocenters. The van der Waals surface area contributed by atoms with Crippen LogP contribution in [0.2, 0.25) is 0 Å². The van der Waals surface area contributed by atoms with Crippen molar-refractivity contribution in [2.24, 2.45) is 5.92 Å². The van der Waals surface area contributed by atoms with Gasteiger partial charge in [-0.15, -0.1) is 4.37 Å². The molecule has 0 radical (unpaired) electrons. The van der Waals surface area contributed by atoms with E-state index in [0.29, 0.717) is 12.5 Å². The lowest BCUT2D eigenvalue weighted by atomic mass is 9.99. The maximum Gasteiger partial charge on any atom is 0.271 e. The van der Waals surface area contributed by atoms with Crippen LogP contribution >= 0.6 is 11.7 Å². The summed E-state index contributed by atoms with van der Waals surface area (Å²) in [5, 5.41) is 0. The molecule has 1 aliphatic heterocycles. The molecule has 2 heterocycles. The molecule has 1 aromatic carbocycles. The maximum absolute atomic E-state index is 5.89. The van der Waals surface area contributed by atoms with Crippen LogP contribution in [0.3, 0.4) is 0 Å². The molecular formula is C16H21N3OS. The molecule has 5 heteroatoms. The average molecular weight is 303 g/mol. The van der Waals surface area contributed by atoms with Crippen LogP contribution in [0.4, 0.5) is 5.82 Å². The van der Waals surface area contributed by atoms with Crippen LogP contribution in [-0.4, -0.2) is 21.8 Å². The summed E-state index contributed by atoms with van der Waals surface area (Å²) in [5.74, 6) is 2.40. The average Bonchev–Trinajstić information content (AvgIpc) is 2.94. The fourth-order valence-corrected chi connectivity index (χ4v) is 3.15. The smallest absolute Gasteiger partial charge is 0.271 e. The van der Waals surface area contributed by atoms with E-state index < -0.39 is 0 Å². The molecule has 1 saturated heterocycles. The van der Waals surface area contributed by atoms with Crippen LogP contribution < -0.4 is 9.64 Å². The van der Waals surface area contributed by atoms with Crippen LogP contribution in [0.5, 0.6) is 5.88 Å². The van der Waals surface area contributed by atoms with Gasteiger partial charge in [0, 0.05) is 13.1 Å². The number of anilines is 1. The van der Waals surface area contributed by atoms with Gasteiger partial charge in [-0.05, 0) is 31.2 Å². The third kappa shape index (κ3) is 3.53. The maximum atomic E-state index is 5.89. The number of hydrogen-bond donors (Lipinski definition) is 0. The van der Waals surface area contributed by atoms with Gasteiger partial charge < -0.3 is 9.64 Å². The number of benzene rings is 1. The van der Waals surface area contributed by atoms with Crippen molar-refractivity contribution in [1.82, 2.24) is 8.75 Å². The minimum atomic E-state index is 0.546. The Morgan fingerprint density at radius 3 is 2.86 bits per heavy atom. The molecule has 4 nitrogen and oxygen atoms in total. The van der Waals surface area contributed by atoms with E-state index in [1.165, 1.54) is 35.7 Å². The number of nitrogens with zero attached hydrogens (tertiary/aromatic N) is 3. The van der Waals surface area contributed by atoms with Gasteiger partial charge in [-0.3, -0.25) is 0 Å². The first kappa shape index (κ1) is 14.3. The standard InChI is InChI=1S/C16H21N3OS/c1-12-6-8-19(9-7-12)15-16(18-21-17-15)20-11-14-5-3-4-13(2)10-14/h3-5,10,12H,6-9,11H2,1-2H3. The molecule has 1 fully saturated rings. The summed E-state index contributed by atoms with van der Waals surface area (Å²) >= 11 is 1.23. The fraction of sp³-hybridized carbons (Fsp3) is 0.500. The predicted molar refractivity (Wildman–Crippen MR) is 86.0 cm³/mol. The molecule has 0 spiro atoms. The lowest BCUT2D eigenvalue weighted by molar-refractivity contribution is 0.295. The van der Waals surface area contributed by atoms with Gasteiger partial charge in [0.1, 0.15) is 6.61 Å². The highest BCUT2D eigenvalue weighted by Crippen LogP contribution is 2.30. The Bertz CT molecular complexity index is 591. The minimum Gasteiger partial charge on any atom is -0.470 e. The Hall–Kier alpha value is -1.62. The Labute approximate surface area is 130 Å². The second-order valence-electron chi connectivity index (χ2n) is 5.84. The van der Waals surface area contributed by atoms with E-state index >= 15 is 0 Å². The molecule has 0 bridgehead atoms. The monoisotopic (exact) mass is 303 g/mol. The van der Waals surface area contributed by atoms with E-state index in [-0.39, 0.29) is 0 Å². The molecule has 3 rings (SSSR count). The van der Waals surface area contributed by atoms with Gasteiger partial charge in [0.25, 0.3) is 5.88 Å². The number of aryl methyl sites for hydroxylation is 1. The van der Waals surface area contributed by atoms with Crippen molar-refractivity contribution in [2.45, 2.75) is 33.3 Å². The Kier molecular flexibility index (Phi) is 4.39. The van der Waals surface area contributed by atoms with E-state index in [9.17, 15) is 0 Å². The highest BCUT2D eigenvalue weighted by atomic mass is 32.1. The van der Waals surface area contributed by atoms with Gasteiger partial charge in [-0.2, -0.15) is 4.37 Å². The first-order valence-corrected chi connectivity index (χ1v) is 8.21. The summed E-state index contributed by atoms with van der Waals surface area (Å²) in [7, 11) is 0. The van der Waals surface area contributed by atoms with Gasteiger partial charge in [0.15, 0.2) is 0 Å². The Balaban J connectivity index is 1.65. The van der Waals surface area contributed by atoms with Crippen molar-refractivity contribution in [1.29, 1.82) is 0 Å². The summed E-state index contributed by atoms with van der Waals surface area (Å²) in [6, 6.07) is 8.37. The summed E-state index contributed by atoms with van der Waals surface area (Å²) in [6.07, 6.45) is 2.43. The quantitative estimate of drug-likeness (QED) is 0.864. The zero-order chi connectivity index (χ0) is 14.7. The SMILES string of the molecule is Cc1cccc(COc2nsnc2N2CCC(C)CC2)c1. The molecule has 0 saturated carbocycles. The summed E-state index contributed by atoms with van der Waals surface area (Å²) in [4.78, 5) is 2.30. The topological polar surface area (TPSA) is 38.3 Å². The summed E-state index contributed by atoms with van der Waals surface area (Å²) in [6.45, 7) is 7.05. The van der Waals surface area contributed by atoms with Crippen molar-refractivity contribution in [3.8, 4) is 5.88 Å². The van der Waals surface area contributed by atoms with Crippen LogP contribution in [-0.2, 0) is 6.61 Å². The molecule has 0 unspecified atom stereocenters. The number of ether oxygens (including phenoxy) is 1. The van der Waals surface area contributed by atoms with Crippen LogP contribution in [0, 0.1) is 12.8 Å². The van der Waals surface area contributed by atoms with E-state index in [0.717, 1.165) is 24.8 Å². The van der Waals surface area contributed by atoms with E-state index in [1.54, 1.807) is 0 Å². The summed E-state index contributed by atoms with van der Waals surface area (Å²) < 4.78 is 14.6. The van der Waals surface area contributed by atoms with Gasteiger partial charge in [0.05, 0.1) is 11.7 Å². The van der Waals surface area contributed by atoms with Crippen molar-refractivity contribution >= 4 is 17.5 Å². The van der Waals surface area contributed by atoms with Gasteiger partial charge in [-0.1, -0.05) is 36.8 Å². The lowest BCUT2D eigenvalue weighted by Crippen LogP contribution is -2.33. The number of rotatable bonds is 4. The van der Waals surface area contributed by atoms with Crippen molar-refractivity contribution in [3.05, 3.63) is 35.4 Å². The van der Waals surface area contributed by atoms with Crippen molar-refractivity contribution < 1.29 is 4.74 Å². The van der Waals surface area contributed by atoms with Gasteiger partial charge >= 0.3 is 0 Å². The third-order valence-corrected chi connectivity index (χ3v) is 4.49. The van der Waals surface area contributed by atoms with E-state index in [4.69, 9.17) is 4.74 Å². The molecule has 112 valence electrons. The third-order valence-electron chi connectivity index (χ3n) is 3.98. The normalized spacial score (nSPS) is 16.2. The number of aromatic nitrogens is 2. The predicted octanol–water partition coefficient (Wildman–Crippen LogP) is 3.66. The minimum absolute atomic E-state index is 0.546. The molecular weight excluding hydrogens is 282 g/mol. The highest BCUT2D eigenvalue weighted by molar-refractivity contribution is 6.99. The van der Waals surface area contributed by atoms with E-state index in [1.807, 2.05) is 0 Å². The number of piperidine rings is 1. The van der Waals surface area contributed by atoms with Crippen molar-refractivity contribution in [3.63, 3.8) is 0 Å². The molecule has 1 aliphatic rings. The van der Waals surface area contributed by atoms with Crippen LogP contribution in [0.15, 0.2) is 24.3 Å². The largest absolute Gasteiger partial charge is 0.470 e. The Morgan fingerprint density at radius 1 is 1.29 bits per heavy atom. The molecule has 2 aromatic rings. The molecule has 0 amide bonds. The molecule has 1 aromatic heterocycles. The number of hydrogen-bond acceptors (Lipinski definition) is 5. The van der Waals surface area contributed by atoms with Gasteiger partial charge in [-0.25, -0.2) is 0 Å². The van der Waals surface area contributed by atoms with Crippen LogP contribution in [0.1, 0.15) is 30.9 Å². The van der Waals surface area contributed by atoms with Crippen LogP contribution in [0.25, 0.3) is 0 Å². The first-order chi connectivity index (χ1) is 10.2. The summed E-state index contributed by atoms with van der Waals surface area (Å²) in [5.41, 5.74) is 2.42. The second-order valence-corrected chi connectivity index (χ2v) is 6.37. The van der Waals surface area contributed by atoms with Crippen molar-refractivity contribution in [2.75, 3.05) is 18.0 Å². The fourth-order valence-electron chi connectivity index (χ4n) is 2.63. The zero-order valence-electron chi connectivity index (χ0n) is 12.6. The Morgan fingerprint density at radius 2 is 2.10 bits per heavy atom. The highest BCUT2D eigenvalue weighted by Gasteiger charge is 2.22. The molecule has 0 N–H and O–H groups in total. The molecule has 0 aliphatic carbocycles. The zero-order valence-corrected chi connectivity index (χ0v) is 13.4.